The van der Waals surface area contributed by atoms with Gasteiger partial charge in [-0.15, -0.1) is 0 Å². The number of piperidine rings is 1. The minimum Gasteiger partial charge on any atom is -0.380 e. The topological polar surface area (TPSA) is 50.4 Å². The van der Waals surface area contributed by atoms with Gasteiger partial charge in [0.2, 0.25) is 5.91 Å². The lowest BCUT2D eigenvalue weighted by Gasteiger charge is -2.38. The number of carbonyl (C=O) groups is 1. The first-order valence-electron chi connectivity index (χ1n) is 5.78. The average molecular weight is 212 g/mol. The number of nitrogens with one attached hydrogen (secondary N) is 2. The molecule has 1 amide bonds. The van der Waals surface area contributed by atoms with Crippen molar-refractivity contribution in [3.8, 4) is 0 Å². The summed E-state index contributed by atoms with van der Waals surface area (Å²) in [6.45, 7) is 5.39. The van der Waals surface area contributed by atoms with Crippen LogP contribution in [0.4, 0.5) is 0 Å². The molecule has 86 valence electrons. The summed E-state index contributed by atoms with van der Waals surface area (Å²) in [6, 6.07) is 0.0309. The summed E-state index contributed by atoms with van der Waals surface area (Å²) in [6.07, 6.45) is 3.32. The van der Waals surface area contributed by atoms with E-state index in [-0.39, 0.29) is 17.4 Å². The van der Waals surface area contributed by atoms with Gasteiger partial charge in [0, 0.05) is 12.0 Å². The maximum absolute atomic E-state index is 11.8. The molecule has 2 aliphatic rings. The van der Waals surface area contributed by atoms with Crippen LogP contribution in [0.2, 0.25) is 0 Å². The van der Waals surface area contributed by atoms with Gasteiger partial charge in [-0.3, -0.25) is 4.79 Å². The van der Waals surface area contributed by atoms with E-state index < -0.39 is 0 Å². The number of ether oxygens (including phenoxy) is 1. The number of hydrogen-bond acceptors (Lipinski definition) is 3. The normalized spacial score (nSPS) is 29.3. The van der Waals surface area contributed by atoms with Gasteiger partial charge in [0.05, 0.1) is 19.3 Å². The molecule has 0 aromatic carbocycles. The van der Waals surface area contributed by atoms with Gasteiger partial charge >= 0.3 is 0 Å². The van der Waals surface area contributed by atoms with E-state index in [1.54, 1.807) is 0 Å². The van der Waals surface area contributed by atoms with E-state index in [1.165, 1.54) is 6.42 Å². The van der Waals surface area contributed by atoms with Crippen molar-refractivity contribution in [1.29, 1.82) is 0 Å². The molecule has 0 bridgehead atoms. The molecule has 2 fully saturated rings. The summed E-state index contributed by atoms with van der Waals surface area (Å²) in [5.41, 5.74) is 0.171. The Morgan fingerprint density at radius 1 is 1.53 bits per heavy atom. The molecule has 2 saturated heterocycles. The summed E-state index contributed by atoms with van der Waals surface area (Å²) in [5.74, 6) is 0.155. The van der Waals surface area contributed by atoms with Gasteiger partial charge in [-0.05, 0) is 19.4 Å². The summed E-state index contributed by atoms with van der Waals surface area (Å²) in [5, 5.41) is 6.26. The minimum absolute atomic E-state index is 0.0309. The van der Waals surface area contributed by atoms with Crippen molar-refractivity contribution in [2.24, 2.45) is 5.41 Å². The summed E-state index contributed by atoms with van der Waals surface area (Å²) in [7, 11) is 0. The molecule has 0 aromatic rings. The molecule has 0 aliphatic carbocycles. The number of rotatable bonds is 3. The van der Waals surface area contributed by atoms with Gasteiger partial charge in [0.1, 0.15) is 0 Å². The molecular weight excluding hydrogens is 192 g/mol. The van der Waals surface area contributed by atoms with Crippen LogP contribution in [0, 0.1) is 5.41 Å². The largest absolute Gasteiger partial charge is 0.380 e. The highest BCUT2D eigenvalue weighted by molar-refractivity contribution is 5.81. The third-order valence-electron chi connectivity index (χ3n) is 3.22. The Balaban J connectivity index is 1.71. The molecule has 15 heavy (non-hydrogen) atoms. The fraction of sp³-hybridized carbons (Fsp3) is 0.909. The smallest absolute Gasteiger partial charge is 0.237 e. The third-order valence-corrected chi connectivity index (χ3v) is 3.22. The van der Waals surface area contributed by atoms with Crippen LogP contribution in [0.3, 0.4) is 0 Å². The van der Waals surface area contributed by atoms with Crippen LogP contribution in [0.1, 0.15) is 26.2 Å². The van der Waals surface area contributed by atoms with Crippen LogP contribution in [-0.2, 0) is 9.53 Å². The van der Waals surface area contributed by atoms with Crippen molar-refractivity contribution < 1.29 is 9.53 Å². The second-order valence-electron chi connectivity index (χ2n) is 5.02. The van der Waals surface area contributed by atoms with Gasteiger partial charge in [-0.1, -0.05) is 13.3 Å². The zero-order valence-electron chi connectivity index (χ0n) is 9.34. The lowest BCUT2D eigenvalue weighted by molar-refractivity contribution is -0.129. The SMILES string of the molecule is CC1(CNC(=O)[C@@H]2CCCCN2)COC1. The van der Waals surface area contributed by atoms with Gasteiger partial charge in [0.15, 0.2) is 0 Å². The van der Waals surface area contributed by atoms with Gasteiger partial charge in [0.25, 0.3) is 0 Å². The second kappa shape index (κ2) is 4.49. The molecule has 2 rings (SSSR count). The molecule has 2 heterocycles. The highest BCUT2D eigenvalue weighted by Gasteiger charge is 2.34. The van der Waals surface area contributed by atoms with Crippen LogP contribution in [0.25, 0.3) is 0 Å². The first-order chi connectivity index (χ1) is 7.20. The van der Waals surface area contributed by atoms with Crippen molar-refractivity contribution >= 4 is 5.91 Å². The van der Waals surface area contributed by atoms with Gasteiger partial charge < -0.3 is 15.4 Å². The summed E-state index contributed by atoms with van der Waals surface area (Å²) in [4.78, 5) is 11.8. The third kappa shape index (κ3) is 2.69. The Bertz CT molecular complexity index is 233. The molecule has 0 saturated carbocycles. The van der Waals surface area contributed by atoms with Crippen molar-refractivity contribution in [3.05, 3.63) is 0 Å². The molecule has 0 aromatic heterocycles. The number of hydrogen-bond donors (Lipinski definition) is 2. The van der Waals surface area contributed by atoms with E-state index in [2.05, 4.69) is 17.6 Å². The molecular formula is C11H20N2O2. The van der Waals surface area contributed by atoms with Gasteiger partial charge in [-0.2, -0.15) is 0 Å². The monoisotopic (exact) mass is 212 g/mol. The van der Waals surface area contributed by atoms with E-state index in [1.807, 2.05) is 0 Å². The zero-order valence-corrected chi connectivity index (χ0v) is 9.34. The van der Waals surface area contributed by atoms with Crippen molar-refractivity contribution in [1.82, 2.24) is 10.6 Å². The maximum atomic E-state index is 11.8. The standard InChI is InChI=1S/C11H20N2O2/c1-11(7-15-8-11)6-13-10(14)9-4-2-3-5-12-9/h9,12H,2-8H2,1H3,(H,13,14)/t9-/m0/s1. The zero-order chi connectivity index (χ0) is 10.7. The van der Waals surface area contributed by atoms with Crippen molar-refractivity contribution in [2.45, 2.75) is 32.2 Å². The Morgan fingerprint density at radius 3 is 2.87 bits per heavy atom. The fourth-order valence-electron chi connectivity index (χ4n) is 2.05. The van der Waals surface area contributed by atoms with Gasteiger partial charge in [-0.25, -0.2) is 0 Å². The van der Waals surface area contributed by atoms with Crippen molar-refractivity contribution in [3.63, 3.8) is 0 Å². The first kappa shape index (κ1) is 10.9. The summed E-state index contributed by atoms with van der Waals surface area (Å²) < 4.78 is 5.15. The van der Waals surface area contributed by atoms with Crippen LogP contribution in [0.5, 0.6) is 0 Å². The minimum atomic E-state index is 0.0309. The molecule has 1 atom stereocenters. The number of carbonyl (C=O) groups excluding carboxylic acids is 1. The van der Waals surface area contributed by atoms with E-state index in [9.17, 15) is 4.79 Å². The van der Waals surface area contributed by atoms with Crippen LogP contribution in [-0.4, -0.2) is 38.3 Å². The Hall–Kier alpha value is -0.610. The maximum Gasteiger partial charge on any atom is 0.237 e. The molecule has 0 radical (unpaired) electrons. The van der Waals surface area contributed by atoms with Crippen LogP contribution >= 0.6 is 0 Å². The molecule has 2 N–H and O–H groups in total. The molecule has 0 spiro atoms. The Kier molecular flexibility index (Phi) is 3.26. The van der Waals surface area contributed by atoms with E-state index >= 15 is 0 Å². The molecule has 0 unspecified atom stereocenters. The van der Waals surface area contributed by atoms with Crippen LogP contribution in [0.15, 0.2) is 0 Å². The van der Waals surface area contributed by atoms with E-state index in [4.69, 9.17) is 4.74 Å². The first-order valence-corrected chi connectivity index (χ1v) is 5.78. The van der Waals surface area contributed by atoms with Crippen molar-refractivity contribution in [2.75, 3.05) is 26.3 Å². The molecule has 4 heteroatoms. The van der Waals surface area contributed by atoms with Crippen LogP contribution < -0.4 is 10.6 Å². The summed E-state index contributed by atoms with van der Waals surface area (Å²) >= 11 is 0. The Labute approximate surface area is 90.8 Å². The lowest BCUT2D eigenvalue weighted by atomic mass is 9.88. The van der Waals surface area contributed by atoms with E-state index in [0.29, 0.717) is 0 Å². The fourth-order valence-corrected chi connectivity index (χ4v) is 2.05. The second-order valence-corrected chi connectivity index (χ2v) is 5.02. The highest BCUT2D eigenvalue weighted by Crippen LogP contribution is 2.25. The predicted octanol–water partition coefficient (Wildman–Crippen LogP) is 0.281. The predicted molar refractivity (Wildman–Crippen MR) is 57.6 cm³/mol. The van der Waals surface area contributed by atoms with E-state index in [0.717, 1.165) is 39.1 Å². The highest BCUT2D eigenvalue weighted by atomic mass is 16.5. The average Bonchev–Trinajstić information content (AvgIpc) is 2.24. The molecule has 4 nitrogen and oxygen atoms in total. The Morgan fingerprint density at radius 2 is 2.33 bits per heavy atom. The molecule has 2 aliphatic heterocycles. The number of amides is 1. The quantitative estimate of drug-likeness (QED) is 0.706. The lowest BCUT2D eigenvalue weighted by Crippen LogP contribution is -2.53.